The Labute approximate surface area is 236 Å². The number of benzene rings is 2. The molecule has 1 aliphatic heterocycles. The van der Waals surface area contributed by atoms with Gasteiger partial charge in [0.1, 0.15) is 5.75 Å². The van der Waals surface area contributed by atoms with E-state index in [1.165, 1.54) is 25.4 Å². The van der Waals surface area contributed by atoms with Gasteiger partial charge in [-0.05, 0) is 68.0 Å². The molecule has 1 saturated heterocycles. The molecular weight excluding hydrogens is 556 g/mol. The number of anilines is 1. The summed E-state index contributed by atoms with van der Waals surface area (Å²) in [5.41, 5.74) is 1.69. The maximum Gasteiger partial charge on any atom is 0.338 e. The Kier molecular flexibility index (Phi) is 8.50. The van der Waals surface area contributed by atoms with Crippen LogP contribution in [0.1, 0.15) is 53.3 Å². The third-order valence-corrected chi connectivity index (χ3v) is 9.83. The van der Waals surface area contributed by atoms with E-state index in [0.717, 1.165) is 16.9 Å². The van der Waals surface area contributed by atoms with E-state index in [4.69, 9.17) is 18.9 Å². The van der Waals surface area contributed by atoms with Gasteiger partial charge in [0.05, 0.1) is 35.1 Å². The van der Waals surface area contributed by atoms with Gasteiger partial charge in [0.15, 0.2) is 21.1 Å². The highest BCUT2D eigenvalue weighted by Crippen LogP contribution is 2.35. The van der Waals surface area contributed by atoms with Crippen LogP contribution in [0.2, 0.25) is 0 Å². The van der Waals surface area contributed by atoms with Crippen molar-refractivity contribution in [3.05, 3.63) is 65.4 Å². The molecule has 2 aliphatic rings. The molecule has 3 aromatic rings. The van der Waals surface area contributed by atoms with Crippen molar-refractivity contribution < 1.29 is 37.0 Å². The summed E-state index contributed by atoms with van der Waals surface area (Å²) in [5.74, 6) is -0.475. The molecule has 1 amide bonds. The predicted octanol–water partition coefficient (Wildman–Crippen LogP) is 4.84. The van der Waals surface area contributed by atoms with Gasteiger partial charge in [0.2, 0.25) is 5.06 Å². The monoisotopic (exact) mass is 586 g/mol. The van der Waals surface area contributed by atoms with Crippen LogP contribution in [0.4, 0.5) is 5.13 Å². The number of thiazole rings is 1. The Morgan fingerprint density at radius 1 is 1.07 bits per heavy atom. The number of nitrogens with zero attached hydrogens (tertiary/aromatic N) is 1. The maximum atomic E-state index is 13.4. The summed E-state index contributed by atoms with van der Waals surface area (Å²) < 4.78 is 47.5. The highest BCUT2D eigenvalue weighted by atomic mass is 32.2. The molecule has 212 valence electrons. The molecular formula is C28H30N2O8S2. The zero-order chi connectivity index (χ0) is 28.3. The lowest BCUT2D eigenvalue weighted by atomic mass is 10.1. The molecule has 1 N–H and O–H groups in total. The molecule has 1 aliphatic carbocycles. The normalized spacial score (nSPS) is 16.8. The molecule has 2 aromatic carbocycles. The van der Waals surface area contributed by atoms with E-state index in [1.54, 1.807) is 37.3 Å². The van der Waals surface area contributed by atoms with E-state index in [2.05, 4.69) is 10.3 Å². The van der Waals surface area contributed by atoms with E-state index in [9.17, 15) is 18.0 Å². The molecule has 0 bridgehead atoms. The summed E-state index contributed by atoms with van der Waals surface area (Å²) in [7, 11) is -2.03. The number of aromatic nitrogens is 1. The van der Waals surface area contributed by atoms with Crippen LogP contribution in [-0.2, 0) is 28.8 Å². The van der Waals surface area contributed by atoms with Crippen LogP contribution in [0.25, 0.3) is 0 Å². The first-order valence-electron chi connectivity index (χ1n) is 12.9. The standard InChI is InChI=1S/C28H30N2O8S2/c1-17-3-6-20(15-23(17)27(32)35-2)37-24-16-29-28(39-24)30-26(31)25(38-19-11-13-36-14-12-19)18-4-7-21(8-5-18)40(33,34)22-9-10-22/h3-8,15-16,19,22,25H,9-14H2,1-2H3,(H,29,30,31). The smallest absolute Gasteiger partial charge is 0.338 e. The van der Waals surface area contributed by atoms with Crippen LogP contribution in [0.5, 0.6) is 10.8 Å². The summed E-state index contributed by atoms with van der Waals surface area (Å²) in [5, 5.41) is 3.19. The van der Waals surface area contributed by atoms with E-state index < -0.39 is 27.8 Å². The minimum atomic E-state index is -3.34. The Morgan fingerprint density at radius 2 is 1.80 bits per heavy atom. The van der Waals surface area contributed by atoms with Crippen molar-refractivity contribution >= 4 is 38.2 Å². The van der Waals surface area contributed by atoms with Gasteiger partial charge in [-0.2, -0.15) is 0 Å². The van der Waals surface area contributed by atoms with Gasteiger partial charge in [0.25, 0.3) is 5.91 Å². The molecule has 5 rings (SSSR count). The lowest BCUT2D eigenvalue weighted by Gasteiger charge is -2.27. The molecule has 1 atom stereocenters. The van der Waals surface area contributed by atoms with Gasteiger partial charge in [-0.15, -0.1) is 0 Å². The van der Waals surface area contributed by atoms with Crippen LogP contribution in [0.3, 0.4) is 0 Å². The highest BCUT2D eigenvalue weighted by molar-refractivity contribution is 7.92. The van der Waals surface area contributed by atoms with E-state index in [1.807, 2.05) is 0 Å². The van der Waals surface area contributed by atoms with Crippen molar-refractivity contribution in [2.45, 2.75) is 55.0 Å². The number of hydrogen-bond donors (Lipinski definition) is 1. The Bertz CT molecular complexity index is 1480. The molecule has 2 heterocycles. The molecule has 10 nitrogen and oxygen atoms in total. The van der Waals surface area contributed by atoms with Crippen molar-refractivity contribution in [2.75, 3.05) is 25.6 Å². The number of hydrogen-bond acceptors (Lipinski definition) is 10. The third kappa shape index (κ3) is 6.52. The number of amides is 1. The summed E-state index contributed by atoms with van der Waals surface area (Å²) in [6, 6.07) is 11.4. The van der Waals surface area contributed by atoms with E-state index in [0.29, 0.717) is 66.0 Å². The van der Waals surface area contributed by atoms with Crippen molar-refractivity contribution in [2.24, 2.45) is 0 Å². The lowest BCUT2D eigenvalue weighted by Crippen LogP contribution is -2.31. The summed E-state index contributed by atoms with van der Waals surface area (Å²) in [6.07, 6.45) is 2.97. The van der Waals surface area contributed by atoms with Crippen LogP contribution in [0.15, 0.2) is 53.6 Å². The molecule has 0 spiro atoms. The number of ether oxygens (including phenoxy) is 4. The Morgan fingerprint density at radius 3 is 2.48 bits per heavy atom. The number of methoxy groups -OCH3 is 1. The second-order valence-corrected chi connectivity index (χ2v) is 12.9. The number of aryl methyl sites for hydroxylation is 1. The van der Waals surface area contributed by atoms with Crippen LogP contribution in [-0.4, -0.2) is 57.0 Å². The fraction of sp³-hybridized carbons (Fsp3) is 0.393. The van der Waals surface area contributed by atoms with E-state index >= 15 is 0 Å². The molecule has 1 saturated carbocycles. The predicted molar refractivity (Wildman–Crippen MR) is 148 cm³/mol. The van der Waals surface area contributed by atoms with Crippen LogP contribution in [0, 0.1) is 6.92 Å². The van der Waals surface area contributed by atoms with E-state index in [-0.39, 0.29) is 16.2 Å². The second kappa shape index (κ2) is 12.0. The fourth-order valence-electron chi connectivity index (χ4n) is 4.35. The first-order chi connectivity index (χ1) is 19.2. The number of esters is 1. The Hall–Kier alpha value is -3.32. The fourth-order valence-corrected chi connectivity index (χ4v) is 6.69. The summed E-state index contributed by atoms with van der Waals surface area (Å²) in [6.45, 7) is 2.89. The SMILES string of the molecule is COC(=O)c1cc(Oc2cnc(NC(=O)C(OC3CCOCC3)c3ccc(S(=O)(=O)C4CC4)cc3)s2)ccc1C. The maximum absolute atomic E-state index is 13.4. The summed E-state index contributed by atoms with van der Waals surface area (Å²) in [4.78, 5) is 29.9. The number of sulfone groups is 1. The van der Waals surface area contributed by atoms with Gasteiger partial charge < -0.3 is 18.9 Å². The van der Waals surface area contributed by atoms with Gasteiger partial charge in [0, 0.05) is 13.2 Å². The minimum absolute atomic E-state index is 0.180. The molecule has 1 aromatic heterocycles. The molecule has 1 unspecified atom stereocenters. The number of nitrogens with one attached hydrogen (secondary N) is 1. The first-order valence-corrected chi connectivity index (χ1v) is 15.3. The third-order valence-electron chi connectivity index (χ3n) is 6.76. The molecule has 0 radical (unpaired) electrons. The number of rotatable bonds is 10. The minimum Gasteiger partial charge on any atom is -0.465 e. The lowest BCUT2D eigenvalue weighted by molar-refractivity contribution is -0.136. The Balaban J connectivity index is 1.31. The topological polar surface area (TPSA) is 130 Å². The first kappa shape index (κ1) is 28.2. The average molecular weight is 587 g/mol. The molecule has 12 heteroatoms. The van der Waals surface area contributed by atoms with Gasteiger partial charge in [-0.25, -0.2) is 18.2 Å². The van der Waals surface area contributed by atoms with Gasteiger partial charge in [-0.3, -0.25) is 10.1 Å². The average Bonchev–Trinajstić information content (AvgIpc) is 3.75. The van der Waals surface area contributed by atoms with Crippen molar-refractivity contribution in [1.82, 2.24) is 4.98 Å². The van der Waals surface area contributed by atoms with Gasteiger partial charge >= 0.3 is 5.97 Å². The molecule has 2 fully saturated rings. The van der Waals surface area contributed by atoms with Crippen LogP contribution >= 0.6 is 11.3 Å². The zero-order valence-corrected chi connectivity index (χ0v) is 23.8. The number of carbonyl (C=O) groups excluding carboxylic acids is 2. The highest BCUT2D eigenvalue weighted by Gasteiger charge is 2.37. The van der Waals surface area contributed by atoms with Gasteiger partial charge in [-0.1, -0.05) is 29.5 Å². The largest absolute Gasteiger partial charge is 0.465 e. The number of carbonyl (C=O) groups is 2. The van der Waals surface area contributed by atoms with Crippen molar-refractivity contribution in [1.29, 1.82) is 0 Å². The zero-order valence-electron chi connectivity index (χ0n) is 22.1. The van der Waals surface area contributed by atoms with Crippen LogP contribution < -0.4 is 10.1 Å². The van der Waals surface area contributed by atoms with Crippen molar-refractivity contribution in [3.8, 4) is 10.8 Å². The quantitative estimate of drug-likeness (QED) is 0.332. The van der Waals surface area contributed by atoms with Crippen molar-refractivity contribution in [3.63, 3.8) is 0 Å². The summed E-state index contributed by atoms with van der Waals surface area (Å²) >= 11 is 1.12. The second-order valence-electron chi connectivity index (χ2n) is 9.69. The molecule has 40 heavy (non-hydrogen) atoms.